The fourth-order valence-corrected chi connectivity index (χ4v) is 2.56. The van der Waals surface area contributed by atoms with Crippen molar-refractivity contribution in [3.63, 3.8) is 0 Å². The lowest BCUT2D eigenvalue weighted by Crippen LogP contribution is -2.08. The molecule has 1 atom stereocenters. The number of ether oxygens (including phenoxy) is 1. The van der Waals surface area contributed by atoms with Crippen LogP contribution in [0.2, 0.25) is 0 Å². The molecule has 0 amide bonds. The van der Waals surface area contributed by atoms with E-state index in [4.69, 9.17) is 4.74 Å². The third kappa shape index (κ3) is 2.26. The number of hydrogen-bond acceptors (Lipinski definition) is 4. The van der Waals surface area contributed by atoms with Gasteiger partial charge < -0.3 is 4.74 Å². The van der Waals surface area contributed by atoms with E-state index in [9.17, 15) is 8.42 Å². The smallest absolute Gasteiger partial charge is 0.178 e. The second-order valence-corrected chi connectivity index (χ2v) is 6.00. The van der Waals surface area contributed by atoms with Gasteiger partial charge in [0.25, 0.3) is 0 Å². The molecule has 88 valence electrons. The van der Waals surface area contributed by atoms with Crippen molar-refractivity contribution in [3.05, 3.63) is 29.8 Å². The van der Waals surface area contributed by atoms with Gasteiger partial charge in [0.1, 0.15) is 0 Å². The van der Waals surface area contributed by atoms with Crippen LogP contribution in [0, 0.1) is 0 Å². The molecule has 1 fully saturated rings. The normalized spacial score (nSPS) is 21.2. The van der Waals surface area contributed by atoms with E-state index in [-0.39, 0.29) is 11.9 Å². The van der Waals surface area contributed by atoms with Crippen molar-refractivity contribution in [1.29, 1.82) is 0 Å². The lowest BCUT2D eigenvalue weighted by atomic mass is 10.1. The molecule has 1 heterocycles. The second kappa shape index (κ2) is 4.53. The molecular formula is C11H15NO3S. The Balaban J connectivity index is 2.22. The minimum Gasteiger partial charge on any atom is -0.357 e. The average Bonchev–Trinajstić information content (AvgIpc) is 2.83. The topological polar surface area (TPSA) is 55.4 Å². The van der Waals surface area contributed by atoms with Gasteiger partial charge >= 0.3 is 0 Å². The first-order valence-electron chi connectivity index (χ1n) is 5.28. The van der Waals surface area contributed by atoms with Crippen LogP contribution in [-0.2, 0) is 14.6 Å². The van der Waals surface area contributed by atoms with Crippen LogP contribution in [0.4, 0.5) is 0 Å². The summed E-state index contributed by atoms with van der Waals surface area (Å²) >= 11 is 0. The number of nitrogens with one attached hydrogen (secondary N) is 1. The van der Waals surface area contributed by atoms with E-state index in [0.717, 1.165) is 12.1 Å². The number of rotatable bonds is 3. The Morgan fingerprint density at radius 1 is 1.38 bits per heavy atom. The van der Waals surface area contributed by atoms with Gasteiger partial charge in [0.2, 0.25) is 0 Å². The fraction of sp³-hybridized carbons (Fsp3) is 0.455. The molecule has 5 heteroatoms. The summed E-state index contributed by atoms with van der Waals surface area (Å²) in [6.45, 7) is 2.98. The van der Waals surface area contributed by atoms with Crippen LogP contribution in [0.1, 0.15) is 18.6 Å². The molecule has 0 bridgehead atoms. The summed E-state index contributed by atoms with van der Waals surface area (Å²) in [7, 11) is -3.09. The Bertz CT molecular complexity index is 447. The first-order valence-corrected chi connectivity index (χ1v) is 6.94. The Labute approximate surface area is 95.5 Å². The van der Waals surface area contributed by atoms with Crippen molar-refractivity contribution in [2.24, 2.45) is 0 Å². The van der Waals surface area contributed by atoms with E-state index in [1.807, 2.05) is 12.1 Å². The molecule has 2 rings (SSSR count). The molecule has 0 aliphatic carbocycles. The maximum Gasteiger partial charge on any atom is 0.178 e. The Hall–Kier alpha value is -0.910. The number of benzene rings is 1. The summed E-state index contributed by atoms with van der Waals surface area (Å²) in [6, 6.07) is 6.94. The van der Waals surface area contributed by atoms with Gasteiger partial charge in [-0.05, 0) is 17.7 Å². The van der Waals surface area contributed by atoms with Gasteiger partial charge in [-0.25, -0.2) is 8.42 Å². The van der Waals surface area contributed by atoms with Gasteiger partial charge in [0.15, 0.2) is 9.84 Å². The molecule has 1 aliphatic rings. The van der Waals surface area contributed by atoms with Gasteiger partial charge in [-0.2, -0.15) is 0 Å². The van der Waals surface area contributed by atoms with E-state index in [0.29, 0.717) is 11.6 Å². The van der Waals surface area contributed by atoms with Gasteiger partial charge in [0, 0.05) is 6.54 Å². The van der Waals surface area contributed by atoms with Gasteiger partial charge in [-0.1, -0.05) is 19.1 Å². The number of hydrogen-bond donors (Lipinski definition) is 1. The molecule has 1 unspecified atom stereocenters. The van der Waals surface area contributed by atoms with Crippen LogP contribution in [-0.4, -0.2) is 27.4 Å². The van der Waals surface area contributed by atoms with E-state index in [1.54, 1.807) is 19.1 Å². The summed E-state index contributed by atoms with van der Waals surface area (Å²) in [5.74, 6) is 0.133. The summed E-state index contributed by atoms with van der Waals surface area (Å²) in [5, 5.41) is 3.09. The van der Waals surface area contributed by atoms with Crippen molar-refractivity contribution in [2.45, 2.75) is 17.9 Å². The molecule has 1 saturated heterocycles. The second-order valence-electron chi connectivity index (χ2n) is 3.73. The zero-order chi connectivity index (χ0) is 11.6. The highest BCUT2D eigenvalue weighted by Crippen LogP contribution is 2.21. The molecule has 1 aromatic rings. The minimum atomic E-state index is -3.09. The van der Waals surface area contributed by atoms with Crippen LogP contribution in [0.15, 0.2) is 29.2 Å². The van der Waals surface area contributed by atoms with Crippen molar-refractivity contribution in [3.8, 4) is 0 Å². The third-order valence-electron chi connectivity index (χ3n) is 2.71. The molecule has 1 aliphatic heterocycles. The van der Waals surface area contributed by atoms with Crippen molar-refractivity contribution < 1.29 is 13.2 Å². The van der Waals surface area contributed by atoms with Crippen molar-refractivity contribution in [2.75, 3.05) is 19.0 Å². The van der Waals surface area contributed by atoms with Crippen LogP contribution < -0.4 is 5.32 Å². The average molecular weight is 241 g/mol. The number of sulfone groups is 1. The standard InChI is InChI=1S/C11H15NO3S/c1-2-16(13,14)10-5-3-9(4-6-10)11-7-12-8-15-11/h3-6,11-12H,2,7-8H2,1H3. The van der Waals surface area contributed by atoms with Gasteiger partial charge in [-0.3, -0.25) is 5.32 Å². The molecule has 1 aromatic carbocycles. The van der Waals surface area contributed by atoms with E-state index in [2.05, 4.69) is 5.32 Å². The first-order chi connectivity index (χ1) is 7.63. The highest BCUT2D eigenvalue weighted by atomic mass is 32.2. The molecule has 0 radical (unpaired) electrons. The molecule has 0 aromatic heterocycles. The quantitative estimate of drug-likeness (QED) is 0.861. The SMILES string of the molecule is CCS(=O)(=O)c1ccc(C2CNCO2)cc1. The predicted molar refractivity (Wildman–Crippen MR) is 60.9 cm³/mol. The van der Waals surface area contributed by atoms with Crippen LogP contribution in [0.5, 0.6) is 0 Å². The molecule has 16 heavy (non-hydrogen) atoms. The maximum atomic E-state index is 11.6. The zero-order valence-electron chi connectivity index (χ0n) is 9.14. The summed E-state index contributed by atoms with van der Waals surface area (Å²) in [6.07, 6.45) is 0.0402. The minimum absolute atomic E-state index is 0.0402. The zero-order valence-corrected chi connectivity index (χ0v) is 9.96. The van der Waals surface area contributed by atoms with E-state index < -0.39 is 9.84 Å². The van der Waals surface area contributed by atoms with Crippen LogP contribution in [0.25, 0.3) is 0 Å². The molecule has 4 nitrogen and oxygen atoms in total. The predicted octanol–water partition coefficient (Wildman–Crippen LogP) is 1.10. The highest BCUT2D eigenvalue weighted by molar-refractivity contribution is 7.91. The van der Waals surface area contributed by atoms with Crippen molar-refractivity contribution >= 4 is 9.84 Å². The largest absolute Gasteiger partial charge is 0.357 e. The maximum absolute atomic E-state index is 11.6. The summed E-state index contributed by atoms with van der Waals surface area (Å²) in [5.41, 5.74) is 1.01. The lowest BCUT2D eigenvalue weighted by Gasteiger charge is -2.09. The highest BCUT2D eigenvalue weighted by Gasteiger charge is 2.18. The Morgan fingerprint density at radius 2 is 2.06 bits per heavy atom. The van der Waals surface area contributed by atoms with Gasteiger partial charge in [0.05, 0.1) is 23.5 Å². The molecule has 0 saturated carbocycles. The van der Waals surface area contributed by atoms with E-state index in [1.165, 1.54) is 0 Å². The Kier molecular flexibility index (Phi) is 3.28. The molecule has 0 spiro atoms. The Morgan fingerprint density at radius 3 is 2.56 bits per heavy atom. The van der Waals surface area contributed by atoms with Crippen LogP contribution >= 0.6 is 0 Å². The lowest BCUT2D eigenvalue weighted by molar-refractivity contribution is 0.114. The molecular weight excluding hydrogens is 226 g/mol. The van der Waals surface area contributed by atoms with E-state index >= 15 is 0 Å². The fourth-order valence-electron chi connectivity index (χ4n) is 1.68. The summed E-state index contributed by atoms with van der Waals surface area (Å²) < 4.78 is 28.6. The monoisotopic (exact) mass is 241 g/mol. The van der Waals surface area contributed by atoms with Gasteiger partial charge in [-0.15, -0.1) is 0 Å². The van der Waals surface area contributed by atoms with Crippen molar-refractivity contribution in [1.82, 2.24) is 5.32 Å². The third-order valence-corrected chi connectivity index (χ3v) is 4.46. The summed E-state index contributed by atoms with van der Waals surface area (Å²) in [4.78, 5) is 0.379. The van der Waals surface area contributed by atoms with Crippen LogP contribution in [0.3, 0.4) is 0 Å². The first kappa shape index (κ1) is 11.6. The molecule has 1 N–H and O–H groups in total.